The van der Waals surface area contributed by atoms with Crippen LogP contribution in [0.5, 0.6) is 0 Å². The van der Waals surface area contributed by atoms with E-state index >= 15 is 0 Å². The van der Waals surface area contributed by atoms with Gasteiger partial charge in [-0.05, 0) is 40.4 Å². The van der Waals surface area contributed by atoms with Gasteiger partial charge in [0, 0.05) is 12.4 Å². The Kier molecular flexibility index (Phi) is 6.39. The van der Waals surface area contributed by atoms with Crippen molar-refractivity contribution in [3.63, 3.8) is 0 Å². The van der Waals surface area contributed by atoms with E-state index < -0.39 is 8.07 Å². The highest BCUT2D eigenvalue weighted by Gasteiger charge is 2.41. The van der Waals surface area contributed by atoms with Crippen LogP contribution in [0.1, 0.15) is 47.2 Å². The zero-order valence-electron chi connectivity index (χ0n) is 18.3. The Morgan fingerprint density at radius 2 is 1.34 bits per heavy atom. The highest BCUT2D eigenvalue weighted by molar-refractivity contribution is 6.90. The summed E-state index contributed by atoms with van der Waals surface area (Å²) in [5.41, 5.74) is 8.77. The van der Waals surface area contributed by atoms with Gasteiger partial charge in [-0.3, -0.25) is 4.57 Å². The molecule has 0 unspecified atom stereocenters. The lowest BCUT2D eigenvalue weighted by Crippen LogP contribution is -2.43. The molecule has 4 heteroatoms. The molecular weight excluding hydrogens is 370 g/mol. The van der Waals surface area contributed by atoms with Gasteiger partial charge in [-0.25, -0.2) is 9.97 Å². The summed E-state index contributed by atoms with van der Waals surface area (Å²) in [5, 5.41) is 0. The summed E-state index contributed by atoms with van der Waals surface area (Å²) in [6, 6.07) is 16.4. The number of nitrogens with zero attached hydrogens (tertiary/aromatic N) is 3. The van der Waals surface area contributed by atoms with Gasteiger partial charge in [0.05, 0.1) is 11.4 Å². The van der Waals surface area contributed by atoms with Crippen molar-refractivity contribution in [3.8, 4) is 28.7 Å². The Hall–Kier alpha value is -2.64. The third-order valence-electron chi connectivity index (χ3n) is 5.98. The fourth-order valence-corrected chi connectivity index (χ4v) is 9.81. The minimum atomic E-state index is -1.82. The Bertz CT molecular complexity index is 971. The van der Waals surface area contributed by atoms with E-state index in [2.05, 4.69) is 104 Å². The molecule has 3 nitrogen and oxygen atoms in total. The second-order valence-corrected chi connectivity index (χ2v) is 14.1. The predicted octanol–water partition coefficient (Wildman–Crippen LogP) is 6.50. The number of hydrogen-bond donors (Lipinski definition) is 0. The van der Waals surface area contributed by atoms with Crippen LogP contribution in [0.15, 0.2) is 60.9 Å². The first-order chi connectivity index (χ1) is 13.9. The normalized spacial score (nSPS) is 11.8. The van der Waals surface area contributed by atoms with Gasteiger partial charge in [0.1, 0.15) is 8.07 Å². The van der Waals surface area contributed by atoms with Crippen molar-refractivity contribution in [2.75, 3.05) is 0 Å². The van der Waals surface area contributed by atoms with Crippen LogP contribution in [0, 0.1) is 11.5 Å². The molecular formula is C25H31N3Si. The average molecular weight is 402 g/mol. The summed E-state index contributed by atoms with van der Waals surface area (Å²) in [6.07, 6.45) is 3.56. The van der Waals surface area contributed by atoms with Gasteiger partial charge in [-0.15, -0.1) is 5.54 Å². The van der Waals surface area contributed by atoms with Crippen molar-refractivity contribution in [1.82, 2.24) is 14.5 Å². The molecule has 1 aromatic carbocycles. The van der Waals surface area contributed by atoms with Crippen molar-refractivity contribution < 1.29 is 0 Å². The zero-order valence-corrected chi connectivity index (χ0v) is 19.3. The van der Waals surface area contributed by atoms with Crippen molar-refractivity contribution in [3.05, 3.63) is 66.6 Å². The fraction of sp³-hybridized carbons (Fsp3) is 0.360. The van der Waals surface area contributed by atoms with E-state index in [0.29, 0.717) is 22.6 Å². The Morgan fingerprint density at radius 3 is 1.90 bits per heavy atom. The molecule has 0 spiro atoms. The van der Waals surface area contributed by atoms with E-state index in [0.717, 1.165) is 17.0 Å². The molecule has 150 valence electrons. The van der Waals surface area contributed by atoms with Gasteiger partial charge in [0.25, 0.3) is 0 Å². The molecule has 0 N–H and O–H groups in total. The minimum Gasteiger partial charge on any atom is -0.271 e. The van der Waals surface area contributed by atoms with Crippen LogP contribution in [0.4, 0.5) is 0 Å². The lowest BCUT2D eigenvalue weighted by atomic mass is 10.1. The van der Waals surface area contributed by atoms with E-state index in [1.54, 1.807) is 12.4 Å². The van der Waals surface area contributed by atoms with E-state index in [4.69, 9.17) is 0 Å². The van der Waals surface area contributed by atoms with E-state index in [1.807, 2.05) is 12.1 Å². The topological polar surface area (TPSA) is 30.7 Å². The van der Waals surface area contributed by atoms with Gasteiger partial charge in [-0.2, -0.15) is 0 Å². The average Bonchev–Trinajstić information content (AvgIpc) is 3.13. The Morgan fingerprint density at radius 1 is 0.759 bits per heavy atom. The highest BCUT2D eigenvalue weighted by Crippen LogP contribution is 2.40. The summed E-state index contributed by atoms with van der Waals surface area (Å²) in [4.78, 5) is 9.03. The Balaban J connectivity index is 2.20. The largest absolute Gasteiger partial charge is 0.271 e. The molecule has 0 saturated heterocycles. The van der Waals surface area contributed by atoms with Crippen LogP contribution in [0.2, 0.25) is 16.6 Å². The first-order valence-corrected chi connectivity index (χ1v) is 12.7. The number of hydrogen-bond acceptors (Lipinski definition) is 2. The van der Waals surface area contributed by atoms with Crippen molar-refractivity contribution in [2.24, 2.45) is 0 Å². The van der Waals surface area contributed by atoms with E-state index in [1.165, 1.54) is 0 Å². The second-order valence-electron chi connectivity index (χ2n) is 8.50. The summed E-state index contributed by atoms with van der Waals surface area (Å²) in [7, 11) is -1.82. The van der Waals surface area contributed by atoms with Gasteiger partial charge in [0.2, 0.25) is 5.95 Å². The third-order valence-corrected chi connectivity index (χ3v) is 12.3. The number of benzene rings is 1. The molecule has 0 aliphatic rings. The van der Waals surface area contributed by atoms with E-state index in [9.17, 15) is 0 Å². The maximum absolute atomic E-state index is 4.51. The smallest absolute Gasteiger partial charge is 0.235 e. The SMILES string of the molecule is CC(C)[Si](C#Cc1ccc(-c2ccccc2)n1-c1ncccn1)(C(C)C)C(C)C. The summed E-state index contributed by atoms with van der Waals surface area (Å²) in [5.74, 6) is 4.24. The molecule has 3 aromatic rings. The molecule has 2 heterocycles. The molecule has 0 amide bonds. The Labute approximate surface area is 176 Å². The van der Waals surface area contributed by atoms with Crippen LogP contribution in [-0.2, 0) is 0 Å². The van der Waals surface area contributed by atoms with Crippen LogP contribution < -0.4 is 0 Å². The molecule has 3 rings (SSSR count). The lowest BCUT2D eigenvalue weighted by molar-refractivity contribution is 0.838. The quantitative estimate of drug-likeness (QED) is 0.361. The predicted molar refractivity (Wildman–Crippen MR) is 125 cm³/mol. The van der Waals surface area contributed by atoms with Crippen LogP contribution in [0.25, 0.3) is 17.2 Å². The summed E-state index contributed by atoms with van der Waals surface area (Å²) in [6.45, 7) is 14.1. The maximum atomic E-state index is 4.51. The van der Waals surface area contributed by atoms with Crippen molar-refractivity contribution in [2.45, 2.75) is 58.2 Å². The molecule has 0 fully saturated rings. The fourth-order valence-electron chi connectivity index (χ4n) is 4.60. The molecule has 0 bridgehead atoms. The van der Waals surface area contributed by atoms with Crippen LogP contribution in [0.3, 0.4) is 0 Å². The molecule has 0 saturated carbocycles. The second kappa shape index (κ2) is 8.80. The molecule has 0 aliphatic heterocycles. The number of rotatable bonds is 5. The first kappa shape index (κ1) is 21.1. The van der Waals surface area contributed by atoms with Gasteiger partial charge >= 0.3 is 0 Å². The van der Waals surface area contributed by atoms with Crippen molar-refractivity contribution >= 4 is 8.07 Å². The molecule has 29 heavy (non-hydrogen) atoms. The molecule has 0 radical (unpaired) electrons. The minimum absolute atomic E-state index is 0.597. The van der Waals surface area contributed by atoms with Crippen LogP contribution >= 0.6 is 0 Å². The third kappa shape index (κ3) is 4.06. The number of aromatic nitrogens is 3. The summed E-state index contributed by atoms with van der Waals surface area (Å²) >= 11 is 0. The van der Waals surface area contributed by atoms with E-state index in [-0.39, 0.29) is 0 Å². The maximum Gasteiger partial charge on any atom is 0.235 e. The highest BCUT2D eigenvalue weighted by atomic mass is 28.3. The van der Waals surface area contributed by atoms with Gasteiger partial charge < -0.3 is 0 Å². The monoisotopic (exact) mass is 401 g/mol. The zero-order chi connectivity index (χ0) is 21.0. The molecule has 0 atom stereocenters. The summed E-state index contributed by atoms with van der Waals surface area (Å²) < 4.78 is 2.09. The van der Waals surface area contributed by atoms with Crippen molar-refractivity contribution in [1.29, 1.82) is 0 Å². The van der Waals surface area contributed by atoms with Gasteiger partial charge in [0.15, 0.2) is 0 Å². The molecule has 0 aliphatic carbocycles. The standard InChI is InChI=1S/C25H31N3Si/c1-19(2)29(20(3)4,21(5)6)18-15-23-13-14-24(22-11-8-7-9-12-22)28(23)25-26-16-10-17-27-25/h7-14,16-17,19-21H,1-6H3. The lowest BCUT2D eigenvalue weighted by Gasteiger charge is -2.38. The molecule has 2 aromatic heterocycles. The van der Waals surface area contributed by atoms with Crippen LogP contribution in [-0.4, -0.2) is 22.6 Å². The van der Waals surface area contributed by atoms with Gasteiger partial charge in [-0.1, -0.05) is 77.8 Å². The first-order valence-electron chi connectivity index (χ1n) is 10.5.